The highest BCUT2D eigenvalue weighted by molar-refractivity contribution is 9.11. The van der Waals surface area contributed by atoms with Crippen molar-refractivity contribution in [3.8, 4) is 11.3 Å². The fourth-order valence-electron chi connectivity index (χ4n) is 2.98. The van der Waals surface area contributed by atoms with Gasteiger partial charge in [0.2, 0.25) is 0 Å². The molecule has 1 aromatic heterocycles. The number of sulfonamides is 1. The molecule has 1 amide bonds. The van der Waals surface area contributed by atoms with Gasteiger partial charge in [0.1, 0.15) is 0 Å². The number of carbonyl (C=O) groups excluding carboxylic acids is 1. The Balaban J connectivity index is 1.58. The molecule has 0 aliphatic rings. The number of hydrogen-bond acceptors (Lipinski definition) is 5. The first-order valence-electron chi connectivity index (χ1n) is 9.55. The van der Waals surface area contributed by atoms with Crippen LogP contribution >= 0.6 is 27.3 Å². The summed E-state index contributed by atoms with van der Waals surface area (Å²) in [7, 11) is -3.85. The normalized spacial score (nSPS) is 11.2. The summed E-state index contributed by atoms with van der Waals surface area (Å²) >= 11 is 4.78. The molecule has 162 valence electrons. The number of carbonyl (C=O) groups is 1. The van der Waals surface area contributed by atoms with Crippen LogP contribution in [0.1, 0.15) is 15.9 Å². The minimum Gasteiger partial charge on any atom is -0.298 e. The van der Waals surface area contributed by atoms with Gasteiger partial charge in [-0.3, -0.25) is 14.8 Å². The molecule has 3 aromatic carbocycles. The zero-order valence-corrected chi connectivity index (χ0v) is 20.1. The van der Waals surface area contributed by atoms with Gasteiger partial charge >= 0.3 is 0 Å². The lowest BCUT2D eigenvalue weighted by Gasteiger charge is -2.12. The number of halogens is 1. The van der Waals surface area contributed by atoms with Gasteiger partial charge in [-0.2, -0.15) is 0 Å². The lowest BCUT2D eigenvalue weighted by atomic mass is 10.2. The molecule has 0 saturated heterocycles. The maximum Gasteiger partial charge on any atom is 0.261 e. The molecule has 4 aromatic rings. The van der Waals surface area contributed by atoms with Gasteiger partial charge in [-0.05, 0) is 47.1 Å². The molecule has 0 fully saturated rings. The minimum absolute atomic E-state index is 0.120. The van der Waals surface area contributed by atoms with Crippen molar-refractivity contribution in [1.29, 1.82) is 0 Å². The Morgan fingerprint density at radius 2 is 1.59 bits per heavy atom. The van der Waals surface area contributed by atoms with E-state index in [0.717, 1.165) is 20.6 Å². The van der Waals surface area contributed by atoms with E-state index in [0.29, 0.717) is 5.13 Å². The van der Waals surface area contributed by atoms with Crippen molar-refractivity contribution in [2.75, 3.05) is 10.0 Å². The highest BCUT2D eigenvalue weighted by atomic mass is 79.9. The van der Waals surface area contributed by atoms with Crippen molar-refractivity contribution in [3.63, 3.8) is 0 Å². The molecule has 32 heavy (non-hydrogen) atoms. The molecule has 0 atom stereocenters. The second kappa shape index (κ2) is 9.23. The fourth-order valence-corrected chi connectivity index (χ4v) is 5.55. The van der Waals surface area contributed by atoms with Crippen LogP contribution in [0.15, 0.2) is 87.5 Å². The summed E-state index contributed by atoms with van der Waals surface area (Å²) in [5, 5.41) is 3.17. The lowest BCUT2D eigenvalue weighted by molar-refractivity contribution is 0.102. The van der Waals surface area contributed by atoms with Gasteiger partial charge in [-0.15, -0.1) is 0 Å². The summed E-state index contributed by atoms with van der Waals surface area (Å²) in [4.78, 5) is 17.6. The van der Waals surface area contributed by atoms with Gasteiger partial charge in [0.25, 0.3) is 15.9 Å². The summed E-state index contributed by atoms with van der Waals surface area (Å²) in [6, 6.07) is 22.5. The smallest absolute Gasteiger partial charge is 0.261 e. The Hall–Kier alpha value is -3.01. The van der Waals surface area contributed by atoms with Crippen molar-refractivity contribution in [1.82, 2.24) is 4.98 Å². The van der Waals surface area contributed by atoms with Gasteiger partial charge < -0.3 is 0 Å². The van der Waals surface area contributed by atoms with Gasteiger partial charge in [0.05, 0.1) is 25.6 Å². The Labute approximate surface area is 198 Å². The van der Waals surface area contributed by atoms with Gasteiger partial charge in [0.15, 0.2) is 5.13 Å². The van der Waals surface area contributed by atoms with E-state index in [2.05, 4.69) is 31.0 Å². The number of amides is 1. The lowest BCUT2D eigenvalue weighted by Crippen LogP contribution is -2.18. The molecule has 0 spiro atoms. The van der Waals surface area contributed by atoms with Gasteiger partial charge in [0, 0.05) is 5.56 Å². The molecule has 2 N–H and O–H groups in total. The van der Waals surface area contributed by atoms with E-state index in [1.54, 1.807) is 36.4 Å². The highest BCUT2D eigenvalue weighted by Gasteiger charge is 2.20. The number of thiazole rings is 1. The van der Waals surface area contributed by atoms with Gasteiger partial charge in [-0.25, -0.2) is 13.4 Å². The molecule has 0 aliphatic heterocycles. The average molecular weight is 528 g/mol. The molecule has 9 heteroatoms. The van der Waals surface area contributed by atoms with E-state index in [9.17, 15) is 13.2 Å². The SMILES string of the molecule is Cc1ccc(S(=O)(=O)Nc2ccccc2C(=O)Nc2nc(-c3ccccc3)c(Br)s2)cc1. The topological polar surface area (TPSA) is 88.2 Å². The zero-order valence-electron chi connectivity index (χ0n) is 16.9. The fraction of sp³-hybridized carbons (Fsp3) is 0.0435. The first-order valence-corrected chi connectivity index (χ1v) is 12.6. The molecule has 0 unspecified atom stereocenters. The third kappa shape index (κ3) is 4.90. The molecular formula is C23H18BrN3O3S2. The van der Waals surface area contributed by atoms with Crippen LogP contribution in [0.3, 0.4) is 0 Å². The Kier molecular flexibility index (Phi) is 6.40. The zero-order chi connectivity index (χ0) is 22.7. The number of para-hydroxylation sites is 1. The molecule has 0 radical (unpaired) electrons. The number of aromatic nitrogens is 1. The van der Waals surface area contributed by atoms with Crippen LogP contribution in [0, 0.1) is 6.92 Å². The first kappa shape index (κ1) is 22.2. The molecule has 0 bridgehead atoms. The monoisotopic (exact) mass is 527 g/mol. The van der Waals surface area contributed by atoms with Crippen LogP contribution in [0.2, 0.25) is 0 Å². The van der Waals surface area contributed by atoms with Crippen LogP contribution in [0.25, 0.3) is 11.3 Å². The van der Waals surface area contributed by atoms with Crippen molar-refractivity contribution in [2.24, 2.45) is 0 Å². The van der Waals surface area contributed by atoms with Crippen LogP contribution < -0.4 is 10.0 Å². The molecule has 0 aliphatic carbocycles. The number of benzene rings is 3. The Bertz CT molecular complexity index is 1370. The Morgan fingerprint density at radius 3 is 2.31 bits per heavy atom. The molecule has 6 nitrogen and oxygen atoms in total. The number of aryl methyl sites for hydroxylation is 1. The first-order chi connectivity index (χ1) is 15.3. The number of hydrogen-bond donors (Lipinski definition) is 2. The Morgan fingerprint density at radius 1 is 0.938 bits per heavy atom. The van der Waals surface area contributed by atoms with Crippen LogP contribution in [0.5, 0.6) is 0 Å². The summed E-state index contributed by atoms with van der Waals surface area (Å²) in [5.41, 5.74) is 2.97. The minimum atomic E-state index is -3.85. The van der Waals surface area contributed by atoms with E-state index in [4.69, 9.17) is 0 Å². The van der Waals surface area contributed by atoms with E-state index in [1.807, 2.05) is 37.3 Å². The van der Waals surface area contributed by atoms with Crippen molar-refractivity contribution >= 4 is 54.0 Å². The predicted molar refractivity (Wildman–Crippen MR) is 132 cm³/mol. The van der Waals surface area contributed by atoms with E-state index in [1.165, 1.54) is 23.5 Å². The number of anilines is 2. The van der Waals surface area contributed by atoms with Crippen molar-refractivity contribution < 1.29 is 13.2 Å². The quantitative estimate of drug-likeness (QED) is 0.325. The maximum absolute atomic E-state index is 13.0. The number of nitrogens with one attached hydrogen (secondary N) is 2. The number of nitrogens with zero attached hydrogens (tertiary/aromatic N) is 1. The summed E-state index contributed by atoms with van der Waals surface area (Å²) in [5.74, 6) is -0.465. The molecule has 1 heterocycles. The van der Waals surface area contributed by atoms with E-state index < -0.39 is 15.9 Å². The second-order valence-corrected chi connectivity index (χ2v) is 10.9. The highest BCUT2D eigenvalue weighted by Crippen LogP contribution is 2.35. The summed E-state index contributed by atoms with van der Waals surface area (Å²) in [6.07, 6.45) is 0. The molecular weight excluding hydrogens is 510 g/mol. The van der Waals surface area contributed by atoms with Crippen LogP contribution in [0.4, 0.5) is 10.8 Å². The third-order valence-electron chi connectivity index (χ3n) is 4.60. The summed E-state index contributed by atoms with van der Waals surface area (Å²) < 4.78 is 28.9. The predicted octanol–water partition coefficient (Wildman–Crippen LogP) is 5.93. The van der Waals surface area contributed by atoms with Crippen molar-refractivity contribution in [2.45, 2.75) is 11.8 Å². The number of rotatable bonds is 6. The summed E-state index contributed by atoms with van der Waals surface area (Å²) in [6.45, 7) is 1.88. The van der Waals surface area contributed by atoms with Crippen LogP contribution in [-0.4, -0.2) is 19.3 Å². The van der Waals surface area contributed by atoms with Crippen molar-refractivity contribution in [3.05, 3.63) is 93.8 Å². The van der Waals surface area contributed by atoms with Crippen LogP contribution in [-0.2, 0) is 10.0 Å². The average Bonchev–Trinajstić information content (AvgIpc) is 3.14. The standard InChI is InChI=1S/C23H18BrN3O3S2/c1-15-11-13-17(14-12-15)32(29,30)27-19-10-6-5-9-18(19)22(28)26-23-25-20(21(24)31-23)16-7-3-2-4-8-16/h2-14,27H,1H3,(H,25,26,28). The molecule has 4 rings (SSSR count). The maximum atomic E-state index is 13.0. The largest absolute Gasteiger partial charge is 0.298 e. The van der Waals surface area contributed by atoms with E-state index in [-0.39, 0.29) is 16.1 Å². The van der Waals surface area contributed by atoms with Gasteiger partial charge in [-0.1, -0.05) is 71.5 Å². The third-order valence-corrected chi connectivity index (χ3v) is 7.60. The molecule has 0 saturated carbocycles. The van der Waals surface area contributed by atoms with E-state index >= 15 is 0 Å². The second-order valence-electron chi connectivity index (χ2n) is 6.93.